The monoisotopic (exact) mass is 362 g/mol. The van der Waals surface area contributed by atoms with Gasteiger partial charge in [-0.05, 0) is 30.5 Å². The molecule has 1 aromatic carbocycles. The number of fused-ring (bicyclic) bond motifs is 1. The van der Waals surface area contributed by atoms with Gasteiger partial charge in [-0.15, -0.1) is 0 Å². The van der Waals surface area contributed by atoms with Gasteiger partial charge in [-0.1, -0.05) is 6.07 Å². The van der Waals surface area contributed by atoms with Gasteiger partial charge in [0.2, 0.25) is 0 Å². The van der Waals surface area contributed by atoms with E-state index in [1.165, 1.54) is 21.3 Å². The number of ether oxygens (including phenoxy) is 3. The number of carbonyl (C=O) groups excluding carboxylic acids is 3. The number of esters is 2. The van der Waals surface area contributed by atoms with Crippen molar-refractivity contribution in [2.45, 2.75) is 12.8 Å². The van der Waals surface area contributed by atoms with Crippen LogP contribution in [0.3, 0.4) is 0 Å². The van der Waals surface area contributed by atoms with Crippen molar-refractivity contribution >= 4 is 29.2 Å². The molecule has 2 rings (SSSR count). The minimum absolute atomic E-state index is 0.00719. The molecule has 1 aromatic rings. The minimum atomic E-state index is -0.708. The fraction of sp³-hybridized carbons (Fsp3) is 0.389. The lowest BCUT2D eigenvalue weighted by Gasteiger charge is -2.30. The van der Waals surface area contributed by atoms with Gasteiger partial charge in [0.15, 0.2) is 0 Å². The van der Waals surface area contributed by atoms with Gasteiger partial charge in [0.05, 0.1) is 20.3 Å². The molecule has 0 aromatic heterocycles. The van der Waals surface area contributed by atoms with Gasteiger partial charge in [-0.25, -0.2) is 9.59 Å². The van der Waals surface area contributed by atoms with Gasteiger partial charge in [-0.3, -0.25) is 4.79 Å². The Balaban J connectivity index is 2.32. The fourth-order valence-electron chi connectivity index (χ4n) is 2.70. The number of hydrogen-bond acceptors (Lipinski definition) is 7. The molecule has 1 N–H and O–H groups in total. The van der Waals surface area contributed by atoms with Gasteiger partial charge < -0.3 is 24.4 Å². The van der Waals surface area contributed by atoms with Crippen molar-refractivity contribution < 1.29 is 28.6 Å². The van der Waals surface area contributed by atoms with E-state index in [0.717, 1.165) is 30.2 Å². The van der Waals surface area contributed by atoms with Crippen LogP contribution in [0.25, 0.3) is 0 Å². The molecule has 0 atom stereocenters. The molecule has 0 radical (unpaired) electrons. The molecule has 26 heavy (non-hydrogen) atoms. The highest BCUT2D eigenvalue weighted by Crippen LogP contribution is 2.30. The molecule has 1 aliphatic heterocycles. The summed E-state index contributed by atoms with van der Waals surface area (Å²) in [4.78, 5) is 37.3. The maximum atomic E-state index is 12.3. The zero-order valence-corrected chi connectivity index (χ0v) is 15.0. The number of amides is 1. The number of aryl methyl sites for hydroxylation is 1. The van der Waals surface area contributed by atoms with E-state index in [1.807, 2.05) is 6.07 Å². The summed E-state index contributed by atoms with van der Waals surface area (Å²) in [5, 5.41) is 2.85. The molecule has 8 nitrogen and oxygen atoms in total. The SMILES string of the molecule is COCC(=O)N1CCCc2ccc(N/C(=C/C(=O)OC)C(=O)OC)cc21. The van der Waals surface area contributed by atoms with Gasteiger partial charge in [-0.2, -0.15) is 0 Å². The highest BCUT2D eigenvalue weighted by molar-refractivity contribution is 5.99. The van der Waals surface area contributed by atoms with Gasteiger partial charge >= 0.3 is 11.9 Å². The van der Waals surface area contributed by atoms with Crippen LogP contribution in [0.15, 0.2) is 30.0 Å². The molecule has 0 aliphatic carbocycles. The van der Waals surface area contributed by atoms with Crippen LogP contribution in [0.4, 0.5) is 11.4 Å². The summed E-state index contributed by atoms with van der Waals surface area (Å²) in [6, 6.07) is 5.42. The first kappa shape index (κ1) is 19.5. The lowest BCUT2D eigenvalue weighted by atomic mass is 10.0. The largest absolute Gasteiger partial charge is 0.466 e. The lowest BCUT2D eigenvalue weighted by Crippen LogP contribution is -2.37. The van der Waals surface area contributed by atoms with Gasteiger partial charge in [0, 0.05) is 25.0 Å². The van der Waals surface area contributed by atoms with Crippen LogP contribution in [0, 0.1) is 0 Å². The average molecular weight is 362 g/mol. The molecule has 1 amide bonds. The summed E-state index contributed by atoms with van der Waals surface area (Å²) in [6.45, 7) is 0.591. The molecule has 0 spiro atoms. The number of nitrogens with zero attached hydrogens (tertiary/aromatic N) is 1. The number of methoxy groups -OCH3 is 3. The number of anilines is 2. The Morgan fingerprint density at radius 1 is 1.19 bits per heavy atom. The number of rotatable bonds is 6. The highest BCUT2D eigenvalue weighted by atomic mass is 16.5. The van der Waals surface area contributed by atoms with Crippen LogP contribution in [-0.4, -0.2) is 52.3 Å². The number of benzene rings is 1. The predicted molar refractivity (Wildman–Crippen MR) is 94.7 cm³/mol. The molecular formula is C18H22N2O6. The van der Waals surface area contributed by atoms with Crippen LogP contribution in [0.2, 0.25) is 0 Å². The Morgan fingerprint density at radius 3 is 2.62 bits per heavy atom. The zero-order chi connectivity index (χ0) is 19.1. The van der Waals surface area contributed by atoms with E-state index in [4.69, 9.17) is 4.74 Å². The highest BCUT2D eigenvalue weighted by Gasteiger charge is 2.23. The average Bonchev–Trinajstić information content (AvgIpc) is 2.66. The smallest absolute Gasteiger partial charge is 0.354 e. The van der Waals surface area contributed by atoms with E-state index in [0.29, 0.717) is 12.2 Å². The van der Waals surface area contributed by atoms with Gasteiger partial charge in [0.1, 0.15) is 12.3 Å². The van der Waals surface area contributed by atoms with Crippen LogP contribution >= 0.6 is 0 Å². The summed E-state index contributed by atoms with van der Waals surface area (Å²) >= 11 is 0. The molecule has 1 aliphatic rings. The van der Waals surface area contributed by atoms with E-state index in [9.17, 15) is 14.4 Å². The first-order valence-electron chi connectivity index (χ1n) is 8.07. The Kier molecular flexibility index (Phi) is 6.74. The molecule has 140 valence electrons. The van der Waals surface area contributed by atoms with Crippen LogP contribution in [0.1, 0.15) is 12.0 Å². The van der Waals surface area contributed by atoms with Crippen molar-refractivity contribution in [1.82, 2.24) is 0 Å². The molecule has 0 fully saturated rings. The van der Waals surface area contributed by atoms with Crippen LogP contribution in [-0.2, 0) is 35.0 Å². The third-order valence-corrected chi connectivity index (χ3v) is 3.92. The number of carbonyl (C=O) groups is 3. The van der Waals surface area contributed by atoms with E-state index >= 15 is 0 Å². The number of hydrogen-bond donors (Lipinski definition) is 1. The summed E-state index contributed by atoms with van der Waals surface area (Å²) in [5.41, 5.74) is 2.26. The number of nitrogens with one attached hydrogen (secondary N) is 1. The Bertz CT molecular complexity index is 728. The van der Waals surface area contributed by atoms with Crippen LogP contribution < -0.4 is 10.2 Å². The molecule has 0 unspecified atom stereocenters. The molecule has 0 saturated carbocycles. The molecule has 8 heteroatoms. The zero-order valence-electron chi connectivity index (χ0n) is 15.0. The molecule has 0 bridgehead atoms. The van der Waals surface area contributed by atoms with Crippen molar-refractivity contribution in [3.8, 4) is 0 Å². The maximum Gasteiger partial charge on any atom is 0.354 e. The summed E-state index contributed by atoms with van der Waals surface area (Å²) in [7, 11) is 3.90. The van der Waals surface area contributed by atoms with Crippen molar-refractivity contribution in [2.75, 3.05) is 44.7 Å². The second-order valence-electron chi connectivity index (χ2n) is 5.62. The van der Waals surface area contributed by atoms with E-state index < -0.39 is 11.9 Å². The summed E-state index contributed by atoms with van der Waals surface area (Å²) in [5.74, 6) is -1.53. The Morgan fingerprint density at radius 2 is 1.96 bits per heavy atom. The molecular weight excluding hydrogens is 340 g/mol. The van der Waals surface area contributed by atoms with Gasteiger partial charge in [0.25, 0.3) is 5.91 Å². The van der Waals surface area contributed by atoms with Crippen molar-refractivity contribution in [3.05, 3.63) is 35.5 Å². The second-order valence-corrected chi connectivity index (χ2v) is 5.62. The first-order chi connectivity index (χ1) is 12.5. The van der Waals surface area contributed by atoms with E-state index in [-0.39, 0.29) is 18.2 Å². The summed E-state index contributed by atoms with van der Waals surface area (Å²) < 4.78 is 14.2. The van der Waals surface area contributed by atoms with Crippen molar-refractivity contribution in [1.29, 1.82) is 0 Å². The maximum absolute atomic E-state index is 12.3. The second kappa shape index (κ2) is 9.00. The predicted octanol–water partition coefficient (Wildman–Crippen LogP) is 1.25. The lowest BCUT2D eigenvalue weighted by molar-refractivity contribution is -0.138. The van der Waals surface area contributed by atoms with Crippen molar-refractivity contribution in [3.63, 3.8) is 0 Å². The van der Waals surface area contributed by atoms with E-state index in [1.54, 1.807) is 17.0 Å². The third kappa shape index (κ3) is 4.60. The Hall–Kier alpha value is -2.87. The first-order valence-corrected chi connectivity index (χ1v) is 8.07. The van der Waals surface area contributed by atoms with Crippen LogP contribution in [0.5, 0.6) is 0 Å². The standard InChI is InChI=1S/C18H22N2O6/c1-24-11-16(21)20-8-4-5-12-6-7-13(9-15(12)20)19-14(18(23)26-3)10-17(22)25-2/h6-7,9-10,19H,4-5,8,11H2,1-3H3/b14-10+. The third-order valence-electron chi connectivity index (χ3n) is 3.92. The van der Waals surface area contributed by atoms with Crippen molar-refractivity contribution in [2.24, 2.45) is 0 Å². The molecule has 0 saturated heterocycles. The minimum Gasteiger partial charge on any atom is -0.466 e. The van der Waals surface area contributed by atoms with E-state index in [2.05, 4.69) is 14.8 Å². The molecule has 1 heterocycles. The topological polar surface area (TPSA) is 94.2 Å². The normalized spacial score (nSPS) is 13.7. The summed E-state index contributed by atoms with van der Waals surface area (Å²) in [6.07, 6.45) is 2.73. The quantitative estimate of drug-likeness (QED) is 0.601. The Labute approximate surface area is 151 Å². The fourth-order valence-corrected chi connectivity index (χ4v) is 2.70.